The summed E-state index contributed by atoms with van der Waals surface area (Å²) in [5, 5.41) is 7.52. The summed E-state index contributed by atoms with van der Waals surface area (Å²) in [6.07, 6.45) is 2.03. The number of carbonyl (C=O) groups excluding carboxylic acids is 1. The van der Waals surface area contributed by atoms with Crippen LogP contribution in [0.5, 0.6) is 0 Å². The van der Waals surface area contributed by atoms with Gasteiger partial charge in [-0.05, 0) is 37.6 Å². The molecule has 0 aliphatic rings. The Balaban J connectivity index is 1.50. The largest absolute Gasteiger partial charge is 0.352 e. The van der Waals surface area contributed by atoms with Crippen LogP contribution < -0.4 is 5.32 Å². The van der Waals surface area contributed by atoms with Crippen molar-refractivity contribution in [2.24, 2.45) is 0 Å². The van der Waals surface area contributed by atoms with Gasteiger partial charge in [-0.3, -0.25) is 4.79 Å². The first-order valence-electron chi connectivity index (χ1n) is 10.7. The van der Waals surface area contributed by atoms with Gasteiger partial charge in [-0.1, -0.05) is 66.2 Å². The number of nitrogens with one attached hydrogen (secondary N) is 1. The fraction of sp³-hybridized carbons (Fsp3) is 0.154. The quantitative estimate of drug-likeness (QED) is 0.395. The van der Waals surface area contributed by atoms with Crippen LogP contribution in [0.2, 0.25) is 0 Å². The third-order valence-electron chi connectivity index (χ3n) is 5.28. The van der Waals surface area contributed by atoms with Crippen molar-refractivity contribution in [1.29, 1.82) is 0 Å². The first-order chi connectivity index (χ1) is 15.9. The van der Waals surface area contributed by atoms with Crippen molar-refractivity contribution in [1.82, 2.24) is 15.1 Å². The zero-order chi connectivity index (χ0) is 23.3. The van der Waals surface area contributed by atoms with Crippen molar-refractivity contribution in [2.45, 2.75) is 18.2 Å². The SMILES string of the molecule is Cc1ccc(-n2cc(C(=O)NCCCS(=O)(=O)c3ccccc3)c(-c3ccccc3)n2)cc1. The van der Waals surface area contributed by atoms with Crippen LogP contribution >= 0.6 is 0 Å². The van der Waals surface area contributed by atoms with Crippen LogP contribution in [0.25, 0.3) is 16.9 Å². The van der Waals surface area contributed by atoms with Crippen LogP contribution in [0.1, 0.15) is 22.3 Å². The molecule has 0 aliphatic carbocycles. The van der Waals surface area contributed by atoms with Gasteiger partial charge in [0.2, 0.25) is 0 Å². The number of sulfone groups is 1. The smallest absolute Gasteiger partial charge is 0.255 e. The van der Waals surface area contributed by atoms with E-state index in [0.29, 0.717) is 22.6 Å². The average molecular weight is 460 g/mol. The van der Waals surface area contributed by atoms with E-state index >= 15 is 0 Å². The van der Waals surface area contributed by atoms with Crippen LogP contribution in [0.4, 0.5) is 0 Å². The predicted octanol–water partition coefficient (Wildman–Crippen LogP) is 4.44. The van der Waals surface area contributed by atoms with Gasteiger partial charge in [0.1, 0.15) is 5.69 Å². The molecular formula is C26H25N3O3S. The van der Waals surface area contributed by atoms with Crippen LogP contribution in [0, 0.1) is 6.92 Å². The lowest BCUT2D eigenvalue weighted by atomic mass is 10.1. The average Bonchev–Trinajstić information content (AvgIpc) is 3.29. The Labute approximate surface area is 193 Å². The zero-order valence-corrected chi connectivity index (χ0v) is 19.1. The normalized spacial score (nSPS) is 11.3. The Bertz CT molecular complexity index is 1330. The number of carbonyl (C=O) groups is 1. The Morgan fingerprint density at radius 1 is 0.909 bits per heavy atom. The fourth-order valence-corrected chi connectivity index (χ4v) is 4.82. The molecule has 0 radical (unpaired) electrons. The second-order valence-corrected chi connectivity index (χ2v) is 9.89. The maximum atomic E-state index is 13.0. The van der Waals surface area contributed by atoms with Crippen LogP contribution in [-0.4, -0.2) is 36.4 Å². The molecule has 33 heavy (non-hydrogen) atoms. The molecule has 7 heteroatoms. The predicted molar refractivity (Wildman–Crippen MR) is 129 cm³/mol. The van der Waals surface area contributed by atoms with E-state index in [1.54, 1.807) is 41.2 Å². The molecule has 1 heterocycles. The van der Waals surface area contributed by atoms with Gasteiger partial charge in [0.05, 0.1) is 21.9 Å². The molecule has 0 spiro atoms. The van der Waals surface area contributed by atoms with Gasteiger partial charge in [-0.15, -0.1) is 0 Å². The van der Waals surface area contributed by atoms with E-state index < -0.39 is 9.84 Å². The highest BCUT2D eigenvalue weighted by Crippen LogP contribution is 2.24. The Morgan fingerprint density at radius 2 is 1.55 bits per heavy atom. The van der Waals surface area contributed by atoms with Crippen LogP contribution in [-0.2, 0) is 9.84 Å². The van der Waals surface area contributed by atoms with Crippen LogP contribution in [0.15, 0.2) is 96.0 Å². The van der Waals surface area contributed by atoms with Gasteiger partial charge in [0, 0.05) is 18.3 Å². The third kappa shape index (κ3) is 5.38. The first-order valence-corrected chi connectivity index (χ1v) is 12.4. The molecular weight excluding hydrogens is 434 g/mol. The van der Waals surface area contributed by atoms with Crippen molar-refractivity contribution in [2.75, 3.05) is 12.3 Å². The maximum Gasteiger partial charge on any atom is 0.255 e. The van der Waals surface area contributed by atoms with Gasteiger partial charge in [-0.2, -0.15) is 5.10 Å². The molecule has 1 aromatic heterocycles. The lowest BCUT2D eigenvalue weighted by Crippen LogP contribution is -2.26. The van der Waals surface area contributed by atoms with Crippen molar-refractivity contribution in [3.05, 3.63) is 102 Å². The molecule has 4 aromatic rings. The van der Waals surface area contributed by atoms with E-state index in [2.05, 4.69) is 10.4 Å². The number of benzene rings is 3. The summed E-state index contributed by atoms with van der Waals surface area (Å²) >= 11 is 0. The number of aryl methyl sites for hydroxylation is 1. The molecule has 0 atom stereocenters. The molecule has 1 amide bonds. The van der Waals surface area contributed by atoms with Crippen molar-refractivity contribution < 1.29 is 13.2 Å². The second-order valence-electron chi connectivity index (χ2n) is 7.78. The van der Waals surface area contributed by atoms with E-state index in [-0.39, 0.29) is 18.2 Å². The lowest BCUT2D eigenvalue weighted by molar-refractivity contribution is 0.0954. The molecule has 0 saturated carbocycles. The number of hydrogen-bond donors (Lipinski definition) is 1. The number of rotatable bonds is 8. The summed E-state index contributed by atoms with van der Waals surface area (Å²) in [5.74, 6) is -0.324. The number of nitrogens with zero attached hydrogens (tertiary/aromatic N) is 2. The summed E-state index contributed by atoms with van der Waals surface area (Å²) in [6, 6.07) is 25.8. The second kappa shape index (κ2) is 9.83. The molecule has 0 saturated heterocycles. The van der Waals surface area contributed by atoms with E-state index in [1.165, 1.54) is 0 Å². The van der Waals surface area contributed by atoms with Gasteiger partial charge in [0.15, 0.2) is 9.84 Å². The molecule has 0 fully saturated rings. The van der Waals surface area contributed by atoms with Gasteiger partial charge >= 0.3 is 0 Å². The fourth-order valence-electron chi connectivity index (χ4n) is 3.48. The highest BCUT2D eigenvalue weighted by molar-refractivity contribution is 7.91. The minimum absolute atomic E-state index is 0.0362. The first kappa shape index (κ1) is 22.5. The minimum atomic E-state index is -3.38. The van der Waals surface area contributed by atoms with E-state index in [4.69, 9.17) is 0 Å². The molecule has 0 unspecified atom stereocenters. The highest BCUT2D eigenvalue weighted by atomic mass is 32.2. The standard InChI is InChI=1S/C26H25N3O3S/c1-20-13-15-22(16-14-20)29-19-24(25(28-29)21-9-4-2-5-10-21)26(30)27-17-8-18-33(31,32)23-11-6-3-7-12-23/h2-7,9-16,19H,8,17-18H2,1H3,(H,27,30). The van der Waals surface area contributed by atoms with Crippen LogP contribution in [0.3, 0.4) is 0 Å². The summed E-state index contributed by atoms with van der Waals surface area (Å²) in [4.78, 5) is 13.3. The molecule has 4 rings (SSSR count). The summed E-state index contributed by atoms with van der Waals surface area (Å²) in [6.45, 7) is 2.26. The van der Waals surface area contributed by atoms with E-state index in [0.717, 1.165) is 16.8 Å². The van der Waals surface area contributed by atoms with Gasteiger partial charge in [0.25, 0.3) is 5.91 Å². The molecule has 1 N–H and O–H groups in total. The van der Waals surface area contributed by atoms with E-state index in [9.17, 15) is 13.2 Å². The molecule has 168 valence electrons. The van der Waals surface area contributed by atoms with E-state index in [1.807, 2.05) is 61.5 Å². The van der Waals surface area contributed by atoms with Crippen molar-refractivity contribution >= 4 is 15.7 Å². The number of hydrogen-bond acceptors (Lipinski definition) is 4. The summed E-state index contributed by atoms with van der Waals surface area (Å²) in [5.41, 5.74) is 3.84. The maximum absolute atomic E-state index is 13.0. The monoisotopic (exact) mass is 459 g/mol. The Hall–Kier alpha value is -3.71. The van der Waals surface area contributed by atoms with Gasteiger partial charge < -0.3 is 5.32 Å². The molecule has 0 aliphatic heterocycles. The molecule has 0 bridgehead atoms. The van der Waals surface area contributed by atoms with Crippen molar-refractivity contribution in [3.8, 4) is 16.9 Å². The topological polar surface area (TPSA) is 81.1 Å². The molecule has 3 aromatic carbocycles. The zero-order valence-electron chi connectivity index (χ0n) is 18.3. The van der Waals surface area contributed by atoms with Crippen molar-refractivity contribution in [3.63, 3.8) is 0 Å². The lowest BCUT2D eigenvalue weighted by Gasteiger charge is -2.07. The summed E-state index contributed by atoms with van der Waals surface area (Å²) in [7, 11) is -3.38. The number of amides is 1. The highest BCUT2D eigenvalue weighted by Gasteiger charge is 2.19. The van der Waals surface area contributed by atoms with Gasteiger partial charge in [-0.25, -0.2) is 13.1 Å². The summed E-state index contributed by atoms with van der Waals surface area (Å²) < 4.78 is 26.6. The Morgan fingerprint density at radius 3 is 2.21 bits per heavy atom. The number of aromatic nitrogens is 2. The minimum Gasteiger partial charge on any atom is -0.352 e. The molecule has 6 nitrogen and oxygen atoms in total. The third-order valence-corrected chi connectivity index (χ3v) is 7.10. The Kier molecular flexibility index (Phi) is 6.70.